The fourth-order valence-electron chi connectivity index (χ4n) is 1.24. The molecule has 0 radical (unpaired) electrons. The summed E-state index contributed by atoms with van der Waals surface area (Å²) in [5, 5.41) is 8.61. The van der Waals surface area contributed by atoms with Crippen LogP contribution in [0.2, 0.25) is 0 Å². The topological polar surface area (TPSA) is 89.9 Å². The summed E-state index contributed by atoms with van der Waals surface area (Å²) in [6.45, 7) is 2.65. The Labute approximate surface area is 153 Å². The zero-order chi connectivity index (χ0) is 22.7. The predicted molar refractivity (Wildman–Crippen MR) is 75.4 cm³/mol. The Morgan fingerprint density at radius 1 is 0.857 bits per heavy atom. The molecule has 28 heavy (non-hydrogen) atoms. The van der Waals surface area contributed by atoms with Crippen LogP contribution >= 0.6 is 0 Å². The first kappa shape index (κ1) is 28.2. The zero-order valence-electron chi connectivity index (χ0n) is 14.6. The van der Waals surface area contributed by atoms with Crippen LogP contribution in [0.3, 0.4) is 0 Å². The smallest absolute Gasteiger partial charge is 0.365 e. The number of esters is 2. The van der Waals surface area contributed by atoms with Crippen molar-refractivity contribution in [3.63, 3.8) is 0 Å². The molecule has 0 heterocycles. The van der Waals surface area contributed by atoms with Crippen molar-refractivity contribution in [2.45, 2.75) is 57.5 Å². The third-order valence-corrected chi connectivity index (χ3v) is 2.66. The Bertz CT molecular complexity index is 512. The first-order valence-electron chi connectivity index (χ1n) is 7.48. The van der Waals surface area contributed by atoms with Crippen molar-refractivity contribution in [3.05, 3.63) is 0 Å². The fraction of sp³-hybridized carbons (Fsp3) is 0.786. The van der Waals surface area contributed by atoms with Gasteiger partial charge in [0.1, 0.15) is 12.5 Å². The lowest BCUT2D eigenvalue weighted by molar-refractivity contribution is -0.197. The summed E-state index contributed by atoms with van der Waals surface area (Å²) in [7, 11) is 0. The Hall–Kier alpha value is -1.99. The van der Waals surface area contributed by atoms with Crippen LogP contribution in [-0.4, -0.2) is 66.8 Å². The Kier molecular flexibility index (Phi) is 12.6. The molecule has 0 aromatic rings. The molecule has 1 unspecified atom stereocenters. The highest BCUT2D eigenvalue weighted by Gasteiger charge is 2.49. The number of hydrogen-bond donors (Lipinski definition) is 1. The maximum absolute atomic E-state index is 12.3. The SMILES string of the molecule is CCOC(=O)CC(=O)C(F)(F)C(F)F.CCOC(=O)CC(O)C(F)(F)C(F)F. The van der Waals surface area contributed by atoms with E-state index in [1.165, 1.54) is 13.8 Å². The van der Waals surface area contributed by atoms with Crippen LogP contribution in [0.4, 0.5) is 35.1 Å². The number of aliphatic hydroxyl groups is 1. The summed E-state index contributed by atoms with van der Waals surface area (Å²) in [5.74, 6) is -13.9. The molecule has 1 N–H and O–H groups in total. The molecule has 0 aliphatic carbocycles. The van der Waals surface area contributed by atoms with Gasteiger partial charge in [-0.3, -0.25) is 14.4 Å². The third kappa shape index (κ3) is 9.80. The van der Waals surface area contributed by atoms with E-state index in [2.05, 4.69) is 9.47 Å². The molecule has 0 aliphatic rings. The van der Waals surface area contributed by atoms with Crippen molar-refractivity contribution in [1.29, 1.82) is 0 Å². The molecule has 0 amide bonds. The van der Waals surface area contributed by atoms with Gasteiger partial charge in [0, 0.05) is 0 Å². The van der Waals surface area contributed by atoms with Gasteiger partial charge in [0.15, 0.2) is 0 Å². The highest BCUT2D eigenvalue weighted by Crippen LogP contribution is 2.28. The number of ether oxygens (including phenoxy) is 2. The van der Waals surface area contributed by atoms with E-state index in [-0.39, 0.29) is 13.2 Å². The molecule has 0 spiro atoms. The second-order valence-corrected chi connectivity index (χ2v) is 4.83. The number of alkyl halides is 8. The van der Waals surface area contributed by atoms with Crippen molar-refractivity contribution < 1.29 is 64.1 Å². The lowest BCUT2D eigenvalue weighted by Crippen LogP contribution is -2.41. The standard InChI is InChI=1S/C7H10F4O3.C7H8F4O3/c2*1-2-14-5(13)3-4(12)7(10,11)6(8)9/h4,6,12H,2-3H2,1H3;6H,2-3H2,1H3. The molecule has 0 rings (SSSR count). The van der Waals surface area contributed by atoms with Crippen LogP contribution in [0.5, 0.6) is 0 Å². The fourth-order valence-corrected chi connectivity index (χ4v) is 1.24. The van der Waals surface area contributed by atoms with Crippen molar-refractivity contribution in [3.8, 4) is 0 Å². The van der Waals surface area contributed by atoms with Crippen LogP contribution in [0.15, 0.2) is 0 Å². The first-order valence-corrected chi connectivity index (χ1v) is 7.48. The monoisotopic (exact) mass is 434 g/mol. The highest BCUT2D eigenvalue weighted by molar-refractivity contribution is 5.99. The normalized spacial score (nSPS) is 12.9. The number of hydrogen-bond acceptors (Lipinski definition) is 6. The maximum atomic E-state index is 12.3. The second kappa shape index (κ2) is 12.5. The highest BCUT2D eigenvalue weighted by atomic mass is 19.3. The molecule has 0 aliphatic heterocycles. The number of halogens is 8. The Morgan fingerprint density at radius 2 is 1.29 bits per heavy atom. The molecular weight excluding hydrogens is 416 g/mol. The van der Waals surface area contributed by atoms with Crippen molar-refractivity contribution in [2.24, 2.45) is 0 Å². The van der Waals surface area contributed by atoms with Crippen molar-refractivity contribution in [2.75, 3.05) is 13.2 Å². The molecule has 0 fully saturated rings. The number of carbonyl (C=O) groups is 3. The number of rotatable bonds is 10. The summed E-state index contributed by atoms with van der Waals surface area (Å²) in [6.07, 6.45) is -13.3. The second-order valence-electron chi connectivity index (χ2n) is 4.83. The quantitative estimate of drug-likeness (QED) is 0.323. The van der Waals surface area contributed by atoms with Gasteiger partial charge >= 0.3 is 36.6 Å². The summed E-state index contributed by atoms with van der Waals surface area (Å²) >= 11 is 0. The lowest BCUT2D eigenvalue weighted by atomic mass is 10.1. The summed E-state index contributed by atoms with van der Waals surface area (Å²) in [6, 6.07) is 0. The molecular formula is C14H18F8O6. The van der Waals surface area contributed by atoms with Crippen molar-refractivity contribution in [1.82, 2.24) is 0 Å². The minimum Gasteiger partial charge on any atom is -0.466 e. The molecule has 14 heteroatoms. The van der Waals surface area contributed by atoms with E-state index in [9.17, 15) is 49.5 Å². The van der Waals surface area contributed by atoms with E-state index in [4.69, 9.17) is 5.11 Å². The van der Waals surface area contributed by atoms with E-state index in [0.717, 1.165) is 0 Å². The van der Waals surface area contributed by atoms with E-state index >= 15 is 0 Å². The maximum Gasteiger partial charge on any atom is 0.365 e. The summed E-state index contributed by atoms with van der Waals surface area (Å²) in [4.78, 5) is 31.5. The van der Waals surface area contributed by atoms with Gasteiger partial charge < -0.3 is 14.6 Å². The Balaban J connectivity index is 0. The summed E-state index contributed by atoms with van der Waals surface area (Å²) < 4.78 is 104. The zero-order valence-corrected chi connectivity index (χ0v) is 14.6. The van der Waals surface area contributed by atoms with Crippen LogP contribution in [0, 0.1) is 0 Å². The Morgan fingerprint density at radius 3 is 1.64 bits per heavy atom. The van der Waals surface area contributed by atoms with Crippen LogP contribution < -0.4 is 0 Å². The minimum absolute atomic E-state index is 0.0637. The largest absolute Gasteiger partial charge is 0.466 e. The molecule has 0 saturated heterocycles. The van der Waals surface area contributed by atoms with E-state index < -0.39 is 61.4 Å². The third-order valence-electron chi connectivity index (χ3n) is 2.66. The number of carbonyl (C=O) groups excluding carboxylic acids is 3. The summed E-state index contributed by atoms with van der Waals surface area (Å²) in [5.41, 5.74) is 0. The number of Topliss-reactive ketones (excluding diaryl/α,β-unsaturated/α-hetero) is 1. The first-order chi connectivity index (χ1) is 12.6. The van der Waals surface area contributed by atoms with E-state index in [0.29, 0.717) is 0 Å². The van der Waals surface area contributed by atoms with Gasteiger partial charge in [-0.1, -0.05) is 0 Å². The number of aliphatic hydroxyl groups excluding tert-OH is 1. The average Bonchev–Trinajstić information content (AvgIpc) is 2.55. The lowest BCUT2D eigenvalue weighted by Gasteiger charge is -2.20. The van der Waals surface area contributed by atoms with Crippen LogP contribution in [0.1, 0.15) is 26.7 Å². The molecule has 0 aromatic carbocycles. The van der Waals surface area contributed by atoms with Gasteiger partial charge in [-0.05, 0) is 13.8 Å². The van der Waals surface area contributed by atoms with E-state index in [1.807, 2.05) is 0 Å². The molecule has 6 nitrogen and oxygen atoms in total. The van der Waals surface area contributed by atoms with Gasteiger partial charge in [-0.25, -0.2) is 17.6 Å². The van der Waals surface area contributed by atoms with Gasteiger partial charge in [-0.15, -0.1) is 0 Å². The average molecular weight is 434 g/mol. The molecule has 1 atom stereocenters. The predicted octanol–water partition coefficient (Wildman–Crippen LogP) is 2.61. The molecule has 166 valence electrons. The van der Waals surface area contributed by atoms with Gasteiger partial charge in [0.05, 0.1) is 19.6 Å². The minimum atomic E-state index is -4.78. The van der Waals surface area contributed by atoms with Crippen molar-refractivity contribution >= 4 is 17.7 Å². The van der Waals surface area contributed by atoms with Gasteiger partial charge in [-0.2, -0.15) is 17.6 Å². The number of ketones is 1. The molecule has 0 aromatic heterocycles. The molecule has 0 bridgehead atoms. The van der Waals surface area contributed by atoms with E-state index in [1.54, 1.807) is 0 Å². The molecule has 0 saturated carbocycles. The van der Waals surface area contributed by atoms with Crippen LogP contribution in [0.25, 0.3) is 0 Å². The van der Waals surface area contributed by atoms with Gasteiger partial charge in [0.2, 0.25) is 5.78 Å². The van der Waals surface area contributed by atoms with Crippen LogP contribution in [-0.2, 0) is 23.9 Å². The van der Waals surface area contributed by atoms with Gasteiger partial charge in [0.25, 0.3) is 0 Å².